The van der Waals surface area contributed by atoms with Crippen molar-refractivity contribution in [1.82, 2.24) is 15.4 Å². The first kappa shape index (κ1) is 15.4. The maximum atomic E-state index is 8.12. The Morgan fingerprint density at radius 2 is 1.77 bits per heavy atom. The number of ether oxygens (including phenoxy) is 1. The van der Waals surface area contributed by atoms with Crippen LogP contribution in [0.25, 0.3) is 11.1 Å². The maximum Gasteiger partial charge on any atom is 0.373 e. The standard InChI is InChI=1S/C14H10ClN3O.CO2/c15-12-6-4-10(5-7-12)11-2-1-3-13(8-11)19-14-9-16-18-17-14;2-1-3/h1-9H,(H,16,17,18);. The van der Waals surface area contributed by atoms with Gasteiger partial charge in [0.25, 0.3) is 5.88 Å². The largest absolute Gasteiger partial charge is 0.436 e. The number of H-pyrrole nitrogens is 1. The molecule has 0 saturated carbocycles. The van der Waals surface area contributed by atoms with Gasteiger partial charge in [-0.3, -0.25) is 0 Å². The fourth-order valence-corrected chi connectivity index (χ4v) is 1.87. The summed E-state index contributed by atoms with van der Waals surface area (Å²) in [5.74, 6) is 1.15. The van der Waals surface area contributed by atoms with E-state index in [9.17, 15) is 0 Å². The molecule has 22 heavy (non-hydrogen) atoms. The van der Waals surface area contributed by atoms with Gasteiger partial charge in [-0.2, -0.15) is 19.9 Å². The monoisotopic (exact) mass is 315 g/mol. The number of nitrogens with one attached hydrogen (secondary N) is 1. The van der Waals surface area contributed by atoms with Crippen LogP contribution in [0.3, 0.4) is 0 Å². The van der Waals surface area contributed by atoms with Crippen molar-refractivity contribution in [2.75, 3.05) is 0 Å². The van der Waals surface area contributed by atoms with E-state index in [1.54, 1.807) is 0 Å². The third-order valence-corrected chi connectivity index (χ3v) is 2.88. The average Bonchev–Trinajstić information content (AvgIpc) is 3.02. The summed E-state index contributed by atoms with van der Waals surface area (Å²) in [5, 5.41) is 10.8. The molecule has 110 valence electrons. The van der Waals surface area contributed by atoms with E-state index in [-0.39, 0.29) is 6.15 Å². The van der Waals surface area contributed by atoms with Crippen molar-refractivity contribution >= 4 is 17.8 Å². The Balaban J connectivity index is 0.000000545. The van der Waals surface area contributed by atoms with Gasteiger partial charge < -0.3 is 4.74 Å². The number of aromatic nitrogens is 3. The summed E-state index contributed by atoms with van der Waals surface area (Å²) in [6.07, 6.45) is 1.77. The van der Waals surface area contributed by atoms with Crippen LogP contribution in [0.15, 0.2) is 54.7 Å². The molecule has 0 saturated heterocycles. The highest BCUT2D eigenvalue weighted by Crippen LogP contribution is 2.27. The van der Waals surface area contributed by atoms with E-state index in [0.29, 0.717) is 11.6 Å². The number of carbonyl (C=O) groups excluding carboxylic acids is 2. The molecule has 0 fully saturated rings. The van der Waals surface area contributed by atoms with Crippen molar-refractivity contribution in [3.8, 4) is 22.8 Å². The molecule has 1 aromatic heterocycles. The second kappa shape index (κ2) is 7.73. The minimum Gasteiger partial charge on any atom is -0.436 e. The van der Waals surface area contributed by atoms with E-state index >= 15 is 0 Å². The van der Waals surface area contributed by atoms with Crippen LogP contribution >= 0.6 is 11.6 Å². The third-order valence-electron chi connectivity index (χ3n) is 2.63. The molecule has 0 amide bonds. The van der Waals surface area contributed by atoms with Crippen molar-refractivity contribution in [1.29, 1.82) is 0 Å². The van der Waals surface area contributed by atoms with Crippen molar-refractivity contribution in [3.05, 3.63) is 59.8 Å². The fourth-order valence-electron chi connectivity index (χ4n) is 1.74. The molecule has 7 heteroatoms. The molecule has 2 aromatic carbocycles. The van der Waals surface area contributed by atoms with E-state index in [1.165, 1.54) is 6.20 Å². The van der Waals surface area contributed by atoms with Gasteiger partial charge in [0.2, 0.25) is 0 Å². The van der Waals surface area contributed by atoms with E-state index in [2.05, 4.69) is 15.4 Å². The van der Waals surface area contributed by atoms with Gasteiger partial charge in [-0.1, -0.05) is 35.9 Å². The lowest BCUT2D eigenvalue weighted by Crippen LogP contribution is -1.85. The SMILES string of the molecule is Clc1ccc(-c2cccc(Oc3cn[nH]n3)c2)cc1.O=C=O. The normalized spacial score (nSPS) is 9.32. The molecular formula is C15H10ClN3O3. The van der Waals surface area contributed by atoms with Gasteiger partial charge in [-0.25, -0.2) is 0 Å². The zero-order valence-electron chi connectivity index (χ0n) is 11.2. The molecule has 0 bridgehead atoms. The molecule has 0 radical (unpaired) electrons. The summed E-state index contributed by atoms with van der Waals surface area (Å²) in [6.45, 7) is 0. The van der Waals surface area contributed by atoms with Gasteiger partial charge in [-0.05, 0) is 35.4 Å². The van der Waals surface area contributed by atoms with Gasteiger partial charge >= 0.3 is 6.15 Å². The molecule has 6 nitrogen and oxygen atoms in total. The summed E-state index contributed by atoms with van der Waals surface area (Å²) in [5.41, 5.74) is 2.13. The number of nitrogens with zero attached hydrogens (tertiary/aromatic N) is 2. The summed E-state index contributed by atoms with van der Waals surface area (Å²) in [7, 11) is 0. The quantitative estimate of drug-likeness (QED) is 0.801. The highest BCUT2D eigenvalue weighted by molar-refractivity contribution is 6.30. The van der Waals surface area contributed by atoms with Crippen molar-refractivity contribution in [2.24, 2.45) is 0 Å². The molecule has 0 spiro atoms. The first-order valence-electron chi connectivity index (χ1n) is 6.12. The molecule has 0 aliphatic rings. The molecule has 1 heterocycles. The Bertz CT molecular complexity index is 752. The van der Waals surface area contributed by atoms with E-state index in [0.717, 1.165) is 16.1 Å². The Hall–Kier alpha value is -2.95. The summed E-state index contributed by atoms with van der Waals surface area (Å²) < 4.78 is 5.57. The Morgan fingerprint density at radius 3 is 2.41 bits per heavy atom. The summed E-state index contributed by atoms with van der Waals surface area (Å²) in [6, 6.07) is 15.4. The summed E-state index contributed by atoms with van der Waals surface area (Å²) in [4.78, 5) is 16.2. The zero-order valence-corrected chi connectivity index (χ0v) is 11.9. The molecule has 0 aliphatic carbocycles. The van der Waals surface area contributed by atoms with Gasteiger partial charge in [-0.15, -0.1) is 5.10 Å². The number of halogens is 1. The second-order valence-corrected chi connectivity index (χ2v) is 4.46. The van der Waals surface area contributed by atoms with E-state index in [1.807, 2.05) is 48.5 Å². The fraction of sp³-hybridized carbons (Fsp3) is 0. The smallest absolute Gasteiger partial charge is 0.373 e. The van der Waals surface area contributed by atoms with Crippen molar-refractivity contribution in [3.63, 3.8) is 0 Å². The number of benzene rings is 2. The predicted octanol–water partition coefficient (Wildman–Crippen LogP) is 3.33. The number of hydrogen-bond donors (Lipinski definition) is 1. The number of aromatic amines is 1. The molecule has 0 unspecified atom stereocenters. The van der Waals surface area contributed by atoms with Crippen LogP contribution in [0.5, 0.6) is 11.6 Å². The minimum absolute atomic E-state index is 0.250. The van der Waals surface area contributed by atoms with Crippen LogP contribution in [0.1, 0.15) is 0 Å². The molecule has 3 rings (SSSR count). The maximum absolute atomic E-state index is 8.12. The second-order valence-electron chi connectivity index (χ2n) is 4.03. The number of hydrogen-bond acceptors (Lipinski definition) is 5. The first-order chi connectivity index (χ1) is 10.7. The lowest BCUT2D eigenvalue weighted by Gasteiger charge is -2.05. The highest BCUT2D eigenvalue weighted by atomic mass is 35.5. The van der Waals surface area contributed by atoms with Gasteiger partial charge in [0.1, 0.15) is 11.9 Å². The number of rotatable bonds is 3. The summed E-state index contributed by atoms with van der Waals surface area (Å²) >= 11 is 5.88. The Kier molecular flexibility index (Phi) is 5.43. The molecular weight excluding hydrogens is 306 g/mol. The van der Waals surface area contributed by atoms with Crippen LogP contribution in [-0.2, 0) is 9.59 Å². The molecule has 0 aliphatic heterocycles. The minimum atomic E-state index is 0.250. The van der Waals surface area contributed by atoms with Gasteiger partial charge in [0.15, 0.2) is 0 Å². The van der Waals surface area contributed by atoms with E-state index in [4.69, 9.17) is 25.9 Å². The van der Waals surface area contributed by atoms with E-state index < -0.39 is 0 Å². The lowest BCUT2D eigenvalue weighted by molar-refractivity contribution is -0.191. The molecule has 3 aromatic rings. The first-order valence-corrected chi connectivity index (χ1v) is 6.49. The van der Waals surface area contributed by atoms with Crippen LogP contribution in [0, 0.1) is 0 Å². The Morgan fingerprint density at radius 1 is 1.05 bits per heavy atom. The zero-order chi connectivity index (χ0) is 15.8. The Labute approximate surface area is 130 Å². The van der Waals surface area contributed by atoms with Crippen LogP contribution in [0.4, 0.5) is 0 Å². The molecule has 0 atom stereocenters. The van der Waals surface area contributed by atoms with Crippen LogP contribution < -0.4 is 4.74 Å². The third kappa shape index (κ3) is 4.28. The topological polar surface area (TPSA) is 84.9 Å². The van der Waals surface area contributed by atoms with Crippen LogP contribution in [0.2, 0.25) is 5.02 Å². The van der Waals surface area contributed by atoms with Crippen molar-refractivity contribution in [2.45, 2.75) is 0 Å². The van der Waals surface area contributed by atoms with Crippen LogP contribution in [-0.4, -0.2) is 21.6 Å². The highest BCUT2D eigenvalue weighted by Gasteiger charge is 2.03. The average molecular weight is 316 g/mol. The predicted molar refractivity (Wildman–Crippen MR) is 78.4 cm³/mol. The van der Waals surface area contributed by atoms with Gasteiger partial charge in [0.05, 0.1) is 0 Å². The molecule has 1 N–H and O–H groups in total. The van der Waals surface area contributed by atoms with Gasteiger partial charge in [0, 0.05) is 5.02 Å². The van der Waals surface area contributed by atoms with Crippen molar-refractivity contribution < 1.29 is 14.3 Å². The lowest BCUT2D eigenvalue weighted by atomic mass is 10.1.